The second kappa shape index (κ2) is 10.4. The third-order valence-corrected chi connectivity index (χ3v) is 6.63. The van der Waals surface area contributed by atoms with Crippen LogP contribution in [0.1, 0.15) is 57.2 Å². The zero-order valence-corrected chi connectivity index (χ0v) is 22.4. The minimum atomic E-state index is -0.665. The molecule has 39 heavy (non-hydrogen) atoms. The monoisotopic (exact) mass is 529 g/mol. The Kier molecular flexibility index (Phi) is 6.99. The van der Waals surface area contributed by atoms with Crippen LogP contribution in [0, 0.1) is 0 Å². The lowest BCUT2D eigenvalue weighted by molar-refractivity contribution is -0.115. The van der Waals surface area contributed by atoms with Crippen molar-refractivity contribution in [2.45, 2.75) is 58.0 Å². The molecule has 9 nitrogen and oxygen atoms in total. The third-order valence-electron chi connectivity index (χ3n) is 6.63. The number of rotatable bonds is 6. The molecule has 1 N–H and O–H groups in total. The molecule has 0 unspecified atom stereocenters. The molecular formula is C30H31N3O6. The van der Waals surface area contributed by atoms with Gasteiger partial charge in [0.15, 0.2) is 11.2 Å². The van der Waals surface area contributed by atoms with Gasteiger partial charge in [0, 0.05) is 23.6 Å². The van der Waals surface area contributed by atoms with Gasteiger partial charge in [-0.15, -0.1) is 5.10 Å². The van der Waals surface area contributed by atoms with Gasteiger partial charge in [0.25, 0.3) is 0 Å². The minimum absolute atomic E-state index is 0.0215. The maximum absolute atomic E-state index is 12.9. The average molecular weight is 530 g/mol. The molecule has 1 saturated carbocycles. The molecule has 1 amide bonds. The van der Waals surface area contributed by atoms with Crippen LogP contribution in [0.4, 0.5) is 10.6 Å². The number of aromatic nitrogens is 2. The topological polar surface area (TPSA) is 113 Å². The first-order valence-corrected chi connectivity index (χ1v) is 12.9. The third kappa shape index (κ3) is 5.87. The van der Waals surface area contributed by atoms with Crippen LogP contribution in [0.5, 0.6) is 5.75 Å². The quantitative estimate of drug-likeness (QED) is 0.331. The van der Waals surface area contributed by atoms with Crippen LogP contribution in [0.15, 0.2) is 63.8 Å². The number of hydrogen-bond acceptors (Lipinski definition) is 7. The van der Waals surface area contributed by atoms with E-state index in [1.165, 1.54) is 10.7 Å². The van der Waals surface area contributed by atoms with Gasteiger partial charge in [-0.05, 0) is 75.6 Å². The number of carbonyl (C=O) groups is 2. The normalized spacial score (nSPS) is 13.6. The molecule has 0 bridgehead atoms. The van der Waals surface area contributed by atoms with Crippen LogP contribution in [0.3, 0.4) is 0 Å². The largest absolute Gasteiger partial charge is 0.497 e. The summed E-state index contributed by atoms with van der Waals surface area (Å²) >= 11 is 0. The van der Waals surface area contributed by atoms with Gasteiger partial charge in [-0.3, -0.25) is 9.59 Å². The zero-order chi connectivity index (χ0) is 27.7. The minimum Gasteiger partial charge on any atom is -0.497 e. The Balaban J connectivity index is 1.33. The van der Waals surface area contributed by atoms with Crippen LogP contribution < -0.4 is 15.5 Å². The highest BCUT2D eigenvalue weighted by molar-refractivity contribution is 5.92. The number of hydrogen-bond donors (Lipinski definition) is 1. The summed E-state index contributed by atoms with van der Waals surface area (Å²) in [5, 5.41) is 7.50. The van der Waals surface area contributed by atoms with E-state index in [0.29, 0.717) is 28.0 Å². The summed E-state index contributed by atoms with van der Waals surface area (Å²) in [6.45, 7) is 5.39. The van der Waals surface area contributed by atoms with E-state index in [1.807, 2.05) is 12.1 Å². The van der Waals surface area contributed by atoms with Crippen molar-refractivity contribution in [3.05, 3.63) is 76.1 Å². The first kappa shape index (κ1) is 26.2. The first-order valence-electron chi connectivity index (χ1n) is 12.9. The molecule has 4 aromatic rings. The van der Waals surface area contributed by atoms with Crippen LogP contribution in [0.25, 0.3) is 22.3 Å². The van der Waals surface area contributed by atoms with Crippen molar-refractivity contribution in [3.63, 3.8) is 0 Å². The van der Waals surface area contributed by atoms with Gasteiger partial charge in [-0.1, -0.05) is 12.5 Å². The highest BCUT2D eigenvalue weighted by atomic mass is 16.6. The molecule has 9 heteroatoms. The predicted octanol–water partition coefficient (Wildman–Crippen LogP) is 5.90. The number of benzene rings is 2. The summed E-state index contributed by atoms with van der Waals surface area (Å²) in [5.41, 5.74) is 1.70. The van der Waals surface area contributed by atoms with E-state index in [-0.39, 0.29) is 29.5 Å². The summed E-state index contributed by atoms with van der Waals surface area (Å²) in [6, 6.07) is 15.5. The van der Waals surface area contributed by atoms with Crippen molar-refractivity contribution >= 4 is 28.8 Å². The molecule has 1 aliphatic rings. The Morgan fingerprint density at radius 3 is 2.46 bits per heavy atom. The smallest absolute Gasteiger partial charge is 0.435 e. The van der Waals surface area contributed by atoms with Crippen LogP contribution in [-0.4, -0.2) is 34.5 Å². The molecule has 2 aromatic carbocycles. The Morgan fingerprint density at radius 1 is 1.08 bits per heavy atom. The van der Waals surface area contributed by atoms with Crippen LogP contribution in [0.2, 0.25) is 0 Å². The lowest BCUT2D eigenvalue weighted by atomic mass is 9.83. The number of carbonyl (C=O) groups excluding carboxylic acids is 2. The number of anilines is 1. The van der Waals surface area contributed by atoms with Gasteiger partial charge in [0.1, 0.15) is 22.7 Å². The van der Waals surface area contributed by atoms with Crippen molar-refractivity contribution in [1.82, 2.24) is 9.78 Å². The number of nitrogens with one attached hydrogen (secondary N) is 1. The molecule has 1 fully saturated rings. The van der Waals surface area contributed by atoms with E-state index in [0.717, 1.165) is 30.5 Å². The molecule has 0 saturated heterocycles. The Labute approximate surface area is 225 Å². The van der Waals surface area contributed by atoms with Gasteiger partial charge in [0.05, 0.1) is 24.6 Å². The SMILES string of the molecule is COc1ccc(-c2cc(=O)c3cc(CC(=O)Nc4cc(C5CCC5)n(C(=O)OC(C)(C)C)n4)ccc3o2)cc1. The van der Waals surface area contributed by atoms with E-state index < -0.39 is 11.7 Å². The molecule has 0 atom stereocenters. The fourth-order valence-corrected chi connectivity index (χ4v) is 4.49. The van der Waals surface area contributed by atoms with Crippen molar-refractivity contribution in [2.75, 3.05) is 12.4 Å². The molecule has 0 aliphatic heterocycles. The number of nitrogens with zero attached hydrogens (tertiary/aromatic N) is 2. The standard InChI is InChI=1S/C30H31N3O6/c1-30(2,3)39-29(36)33-23(19-6-5-7-19)16-27(32-33)31-28(35)15-18-8-13-25-22(14-18)24(34)17-26(38-25)20-9-11-21(37-4)12-10-20/h8-14,16-17,19H,5-7,15H2,1-4H3,(H,31,32,35). The molecule has 5 rings (SSSR count). The summed E-state index contributed by atoms with van der Waals surface area (Å²) in [4.78, 5) is 38.5. The fourth-order valence-electron chi connectivity index (χ4n) is 4.49. The van der Waals surface area contributed by atoms with Crippen molar-refractivity contribution in [2.24, 2.45) is 0 Å². The van der Waals surface area contributed by atoms with Crippen LogP contribution in [-0.2, 0) is 16.0 Å². The number of ether oxygens (including phenoxy) is 2. The molecule has 2 heterocycles. The molecule has 0 spiro atoms. The van der Waals surface area contributed by atoms with E-state index >= 15 is 0 Å². The second-order valence-corrected chi connectivity index (χ2v) is 10.7. The average Bonchev–Trinajstić information content (AvgIpc) is 3.25. The van der Waals surface area contributed by atoms with Gasteiger partial charge >= 0.3 is 6.09 Å². The summed E-state index contributed by atoms with van der Waals surface area (Å²) in [6.07, 6.45) is 2.46. The summed E-state index contributed by atoms with van der Waals surface area (Å²) in [5.74, 6) is 1.34. The molecule has 0 radical (unpaired) electrons. The van der Waals surface area contributed by atoms with Crippen molar-refractivity contribution in [3.8, 4) is 17.1 Å². The summed E-state index contributed by atoms with van der Waals surface area (Å²) in [7, 11) is 1.59. The molecule has 202 valence electrons. The lowest BCUT2D eigenvalue weighted by Gasteiger charge is -2.26. The number of fused-ring (bicyclic) bond motifs is 1. The Morgan fingerprint density at radius 2 is 1.82 bits per heavy atom. The van der Waals surface area contributed by atoms with Crippen LogP contribution >= 0.6 is 0 Å². The van der Waals surface area contributed by atoms with Gasteiger partial charge in [-0.2, -0.15) is 4.68 Å². The number of amides is 1. The highest BCUT2D eigenvalue weighted by Crippen LogP contribution is 2.37. The Bertz CT molecular complexity index is 1590. The van der Waals surface area contributed by atoms with E-state index in [4.69, 9.17) is 13.9 Å². The predicted molar refractivity (Wildman–Crippen MR) is 147 cm³/mol. The highest BCUT2D eigenvalue weighted by Gasteiger charge is 2.29. The molecule has 1 aliphatic carbocycles. The number of methoxy groups -OCH3 is 1. The van der Waals surface area contributed by atoms with Gasteiger partial charge in [-0.25, -0.2) is 4.79 Å². The maximum Gasteiger partial charge on any atom is 0.435 e. The van der Waals surface area contributed by atoms with Gasteiger partial charge < -0.3 is 19.2 Å². The van der Waals surface area contributed by atoms with Crippen molar-refractivity contribution < 1.29 is 23.5 Å². The summed E-state index contributed by atoms with van der Waals surface area (Å²) < 4.78 is 17.9. The van der Waals surface area contributed by atoms with Gasteiger partial charge in [0.2, 0.25) is 5.91 Å². The molecular weight excluding hydrogens is 498 g/mol. The van der Waals surface area contributed by atoms with E-state index in [2.05, 4.69) is 10.4 Å². The molecule has 2 aromatic heterocycles. The fraction of sp³-hybridized carbons (Fsp3) is 0.333. The van der Waals surface area contributed by atoms with E-state index in [1.54, 1.807) is 64.3 Å². The van der Waals surface area contributed by atoms with Crippen molar-refractivity contribution in [1.29, 1.82) is 0 Å². The van der Waals surface area contributed by atoms with E-state index in [9.17, 15) is 14.4 Å². The maximum atomic E-state index is 12.9. The lowest BCUT2D eigenvalue weighted by Crippen LogP contribution is -2.30. The second-order valence-electron chi connectivity index (χ2n) is 10.7. The first-order chi connectivity index (χ1) is 18.6. The zero-order valence-electron chi connectivity index (χ0n) is 22.4. The Hall–Kier alpha value is -4.40.